The number of nitrogens with zero attached hydrogens (tertiary/aromatic N) is 2. The van der Waals surface area contributed by atoms with Crippen molar-refractivity contribution < 1.29 is 23.1 Å². The van der Waals surface area contributed by atoms with Crippen LogP contribution in [0.15, 0.2) is 82.3 Å². The number of methoxy groups -OCH3 is 1. The van der Waals surface area contributed by atoms with Gasteiger partial charge in [-0.15, -0.1) is 11.8 Å². The van der Waals surface area contributed by atoms with Crippen LogP contribution in [-0.2, 0) is 27.4 Å². The summed E-state index contributed by atoms with van der Waals surface area (Å²) in [6, 6.07) is 19.2. The van der Waals surface area contributed by atoms with E-state index in [0.717, 1.165) is 10.5 Å². The van der Waals surface area contributed by atoms with Crippen molar-refractivity contribution in [3.63, 3.8) is 0 Å². The third-order valence-electron chi connectivity index (χ3n) is 4.92. The van der Waals surface area contributed by atoms with E-state index in [-0.39, 0.29) is 43.0 Å². The summed E-state index contributed by atoms with van der Waals surface area (Å²) in [7, 11) is 1.56. The molecule has 33 heavy (non-hydrogen) atoms. The van der Waals surface area contributed by atoms with Crippen molar-refractivity contribution in [1.82, 2.24) is 9.80 Å². The lowest BCUT2D eigenvalue weighted by Crippen LogP contribution is -2.44. The molecular weight excluding hydrogens is 443 g/mol. The molecule has 0 bridgehead atoms. The summed E-state index contributed by atoms with van der Waals surface area (Å²) < 4.78 is 23.9. The number of carbonyl (C=O) groups is 2. The van der Waals surface area contributed by atoms with E-state index in [0.29, 0.717) is 18.9 Å². The van der Waals surface area contributed by atoms with Crippen LogP contribution in [0.5, 0.6) is 0 Å². The van der Waals surface area contributed by atoms with Crippen molar-refractivity contribution in [3.05, 3.63) is 90.1 Å². The van der Waals surface area contributed by atoms with Gasteiger partial charge in [-0.25, -0.2) is 4.39 Å². The Balaban J connectivity index is 1.69. The molecule has 8 heteroatoms. The minimum absolute atomic E-state index is 0.0839. The van der Waals surface area contributed by atoms with Crippen LogP contribution in [0.4, 0.5) is 4.39 Å². The van der Waals surface area contributed by atoms with Gasteiger partial charge < -0.3 is 19.0 Å². The Morgan fingerprint density at radius 3 is 2.36 bits per heavy atom. The van der Waals surface area contributed by atoms with Gasteiger partial charge in [0.15, 0.2) is 0 Å². The quantitative estimate of drug-likeness (QED) is 0.371. The first kappa shape index (κ1) is 24.5. The molecule has 2 amide bonds. The molecule has 0 saturated heterocycles. The van der Waals surface area contributed by atoms with Gasteiger partial charge in [0, 0.05) is 25.1 Å². The van der Waals surface area contributed by atoms with Crippen LogP contribution in [-0.4, -0.2) is 54.2 Å². The smallest absolute Gasteiger partial charge is 0.242 e. The highest BCUT2D eigenvalue weighted by Gasteiger charge is 2.22. The highest BCUT2D eigenvalue weighted by Crippen LogP contribution is 2.18. The van der Waals surface area contributed by atoms with Gasteiger partial charge in [-0.2, -0.15) is 0 Å². The molecule has 0 aliphatic carbocycles. The molecule has 1 aromatic heterocycles. The fourth-order valence-electron chi connectivity index (χ4n) is 3.14. The maximum Gasteiger partial charge on any atom is 0.242 e. The summed E-state index contributed by atoms with van der Waals surface area (Å²) >= 11 is 1.43. The number of carbonyl (C=O) groups excluding carboxylic acids is 2. The topological polar surface area (TPSA) is 63.0 Å². The summed E-state index contributed by atoms with van der Waals surface area (Å²) in [5.74, 6) is 0.130. The van der Waals surface area contributed by atoms with Gasteiger partial charge in [-0.1, -0.05) is 30.3 Å². The third kappa shape index (κ3) is 8.07. The first-order chi connectivity index (χ1) is 16.0. The van der Waals surface area contributed by atoms with E-state index < -0.39 is 0 Å². The summed E-state index contributed by atoms with van der Waals surface area (Å²) in [5, 5.41) is 0. The molecule has 0 fully saturated rings. The number of halogens is 1. The van der Waals surface area contributed by atoms with Crippen LogP contribution >= 0.6 is 11.8 Å². The number of furan rings is 1. The minimum atomic E-state index is -0.338. The Bertz CT molecular complexity index is 997. The molecule has 1 heterocycles. The Labute approximate surface area is 197 Å². The molecule has 3 rings (SSSR count). The van der Waals surface area contributed by atoms with Crippen LogP contribution in [0.2, 0.25) is 0 Å². The standard InChI is InChI=1S/C25H27FN2O4S/c1-31-15-13-27(25(30)19-33-23-7-3-2-4-8-23)18-24(29)28(17-22-6-5-14-32-22)16-20-9-11-21(26)12-10-20/h2-12,14H,13,15-19H2,1H3. The maximum atomic E-state index is 13.3. The molecule has 0 spiro atoms. The molecule has 0 saturated carbocycles. The third-order valence-corrected chi connectivity index (χ3v) is 5.91. The molecule has 6 nitrogen and oxygen atoms in total. The van der Waals surface area contributed by atoms with Crippen molar-refractivity contribution in [3.8, 4) is 0 Å². The van der Waals surface area contributed by atoms with E-state index >= 15 is 0 Å². The molecule has 0 aliphatic rings. The van der Waals surface area contributed by atoms with Crippen LogP contribution < -0.4 is 0 Å². The zero-order valence-electron chi connectivity index (χ0n) is 18.5. The summed E-state index contributed by atoms with van der Waals surface area (Å²) in [6.45, 7) is 1.06. The second-order valence-corrected chi connectivity index (χ2v) is 8.41. The molecule has 0 N–H and O–H groups in total. The normalized spacial score (nSPS) is 10.7. The predicted octanol–water partition coefficient (Wildman–Crippen LogP) is 4.21. The summed E-state index contributed by atoms with van der Waals surface area (Å²) in [4.78, 5) is 30.3. The average Bonchev–Trinajstić information content (AvgIpc) is 3.35. The number of benzene rings is 2. The van der Waals surface area contributed by atoms with E-state index in [9.17, 15) is 14.0 Å². The first-order valence-electron chi connectivity index (χ1n) is 10.5. The molecular formula is C25H27FN2O4S. The molecule has 0 radical (unpaired) electrons. The zero-order valence-corrected chi connectivity index (χ0v) is 19.3. The van der Waals surface area contributed by atoms with E-state index in [1.54, 1.807) is 42.5 Å². The monoisotopic (exact) mass is 470 g/mol. The van der Waals surface area contributed by atoms with Gasteiger partial charge in [-0.3, -0.25) is 9.59 Å². The van der Waals surface area contributed by atoms with E-state index in [1.807, 2.05) is 30.3 Å². The van der Waals surface area contributed by atoms with Crippen LogP contribution in [0.3, 0.4) is 0 Å². The second kappa shape index (κ2) is 12.8. The van der Waals surface area contributed by atoms with Crippen molar-refractivity contribution in [2.75, 3.05) is 32.6 Å². The Morgan fingerprint density at radius 1 is 0.939 bits per heavy atom. The van der Waals surface area contributed by atoms with Crippen LogP contribution in [0.25, 0.3) is 0 Å². The number of thioether (sulfide) groups is 1. The van der Waals surface area contributed by atoms with Crippen LogP contribution in [0.1, 0.15) is 11.3 Å². The maximum absolute atomic E-state index is 13.3. The highest BCUT2D eigenvalue weighted by atomic mass is 32.2. The van der Waals surface area contributed by atoms with E-state index in [4.69, 9.17) is 9.15 Å². The number of amides is 2. The van der Waals surface area contributed by atoms with Crippen molar-refractivity contribution in [1.29, 1.82) is 0 Å². The van der Waals surface area contributed by atoms with Gasteiger partial charge in [0.2, 0.25) is 11.8 Å². The zero-order chi connectivity index (χ0) is 23.5. The number of hydrogen-bond acceptors (Lipinski definition) is 5. The van der Waals surface area contributed by atoms with Crippen molar-refractivity contribution in [2.45, 2.75) is 18.0 Å². The predicted molar refractivity (Wildman–Crippen MR) is 125 cm³/mol. The van der Waals surface area contributed by atoms with Crippen LogP contribution in [0, 0.1) is 5.82 Å². The minimum Gasteiger partial charge on any atom is -0.467 e. The molecule has 0 atom stereocenters. The van der Waals surface area contributed by atoms with Gasteiger partial charge in [0.1, 0.15) is 11.6 Å². The first-order valence-corrected chi connectivity index (χ1v) is 11.5. The Morgan fingerprint density at radius 2 is 1.70 bits per heavy atom. The van der Waals surface area contributed by atoms with Crippen molar-refractivity contribution >= 4 is 23.6 Å². The van der Waals surface area contributed by atoms with Gasteiger partial charge >= 0.3 is 0 Å². The van der Waals surface area contributed by atoms with Gasteiger partial charge in [0.05, 0.1) is 31.7 Å². The van der Waals surface area contributed by atoms with E-state index in [1.165, 1.54) is 28.8 Å². The molecule has 2 aromatic carbocycles. The fraction of sp³-hybridized carbons (Fsp3) is 0.280. The summed E-state index contributed by atoms with van der Waals surface area (Å²) in [5.41, 5.74) is 0.783. The largest absolute Gasteiger partial charge is 0.467 e. The Kier molecular flexibility index (Phi) is 9.53. The van der Waals surface area contributed by atoms with Crippen molar-refractivity contribution in [2.24, 2.45) is 0 Å². The summed E-state index contributed by atoms with van der Waals surface area (Å²) in [6.07, 6.45) is 1.55. The SMILES string of the molecule is COCCN(CC(=O)N(Cc1ccc(F)cc1)Cc1ccco1)C(=O)CSc1ccccc1. The molecule has 0 aliphatic heterocycles. The molecule has 174 valence electrons. The van der Waals surface area contributed by atoms with Gasteiger partial charge in [0.25, 0.3) is 0 Å². The lowest BCUT2D eigenvalue weighted by Gasteiger charge is -2.27. The lowest BCUT2D eigenvalue weighted by molar-refractivity contribution is -0.140. The fourth-order valence-corrected chi connectivity index (χ4v) is 3.97. The van der Waals surface area contributed by atoms with E-state index in [2.05, 4.69) is 0 Å². The highest BCUT2D eigenvalue weighted by molar-refractivity contribution is 8.00. The number of ether oxygens (including phenoxy) is 1. The lowest BCUT2D eigenvalue weighted by atomic mass is 10.2. The molecule has 3 aromatic rings. The Hall–Kier alpha value is -3.10. The number of rotatable bonds is 12. The number of hydrogen-bond donors (Lipinski definition) is 0. The average molecular weight is 471 g/mol. The second-order valence-electron chi connectivity index (χ2n) is 7.37. The molecule has 0 unspecified atom stereocenters. The van der Waals surface area contributed by atoms with Gasteiger partial charge in [-0.05, 0) is 42.0 Å².